The smallest absolute Gasteiger partial charge is 0.338 e. The van der Waals surface area contributed by atoms with Crippen molar-refractivity contribution < 1.29 is 18.7 Å². The van der Waals surface area contributed by atoms with E-state index in [4.69, 9.17) is 4.74 Å². The molecule has 29 heavy (non-hydrogen) atoms. The molecule has 0 amide bonds. The van der Waals surface area contributed by atoms with Gasteiger partial charge in [0.15, 0.2) is 6.61 Å². The number of nitrogens with zero attached hydrogens (tertiary/aromatic N) is 1. The number of carbonyl (C=O) groups excluding carboxylic acids is 2. The molecule has 0 unspecified atom stereocenters. The second-order valence-corrected chi connectivity index (χ2v) is 7.73. The van der Waals surface area contributed by atoms with Gasteiger partial charge in [0.05, 0.1) is 5.56 Å². The number of esters is 1. The van der Waals surface area contributed by atoms with Gasteiger partial charge in [-0.25, -0.2) is 9.18 Å². The van der Waals surface area contributed by atoms with Crippen LogP contribution in [0.25, 0.3) is 0 Å². The van der Waals surface area contributed by atoms with Crippen LogP contribution in [0.1, 0.15) is 37.7 Å². The monoisotopic (exact) mass is 457 g/mol. The van der Waals surface area contributed by atoms with E-state index >= 15 is 0 Å². The molecule has 3 aromatic rings. The molecule has 6 heteroatoms. The fraction of sp³-hybridized carbons (Fsp3) is 0.217. The molecule has 0 N–H and O–H groups in total. The number of aromatic nitrogens is 1. The maximum absolute atomic E-state index is 13.0. The Kier molecular flexibility index (Phi) is 6.64. The third kappa shape index (κ3) is 5.21. The highest BCUT2D eigenvalue weighted by Crippen LogP contribution is 2.18. The molecular weight excluding hydrogens is 437 g/mol. The van der Waals surface area contributed by atoms with Gasteiger partial charge in [-0.15, -0.1) is 0 Å². The summed E-state index contributed by atoms with van der Waals surface area (Å²) in [4.78, 5) is 24.7. The van der Waals surface area contributed by atoms with Gasteiger partial charge < -0.3 is 9.30 Å². The topological polar surface area (TPSA) is 48.3 Å². The van der Waals surface area contributed by atoms with Gasteiger partial charge >= 0.3 is 5.97 Å². The first kappa shape index (κ1) is 21.0. The van der Waals surface area contributed by atoms with Crippen LogP contribution in [0.4, 0.5) is 4.39 Å². The van der Waals surface area contributed by atoms with E-state index in [0.29, 0.717) is 17.7 Å². The van der Waals surface area contributed by atoms with Gasteiger partial charge in [0.25, 0.3) is 0 Å². The summed E-state index contributed by atoms with van der Waals surface area (Å²) < 4.78 is 21.1. The third-order valence-electron chi connectivity index (χ3n) is 4.83. The van der Waals surface area contributed by atoms with Crippen LogP contribution in [-0.2, 0) is 17.7 Å². The van der Waals surface area contributed by atoms with Crippen LogP contribution >= 0.6 is 15.9 Å². The molecule has 0 saturated heterocycles. The van der Waals surface area contributed by atoms with Crippen LogP contribution in [0.15, 0.2) is 59.1 Å². The maximum atomic E-state index is 13.0. The fourth-order valence-corrected chi connectivity index (χ4v) is 3.46. The first-order chi connectivity index (χ1) is 13.8. The summed E-state index contributed by atoms with van der Waals surface area (Å²) >= 11 is 3.31. The first-order valence-electron chi connectivity index (χ1n) is 9.22. The van der Waals surface area contributed by atoms with Crippen molar-refractivity contribution in [3.63, 3.8) is 0 Å². The lowest BCUT2D eigenvalue weighted by Crippen LogP contribution is -2.15. The Hall–Kier alpha value is -2.73. The largest absolute Gasteiger partial charge is 0.454 e. The normalized spacial score (nSPS) is 10.8. The van der Waals surface area contributed by atoms with Crippen molar-refractivity contribution in [1.29, 1.82) is 0 Å². The van der Waals surface area contributed by atoms with Crippen LogP contribution in [0.5, 0.6) is 0 Å². The Balaban J connectivity index is 1.63. The quantitative estimate of drug-likeness (QED) is 0.357. The Morgan fingerprint density at radius 2 is 1.69 bits per heavy atom. The molecule has 0 aliphatic carbocycles. The Bertz CT molecular complexity index is 1020. The minimum absolute atomic E-state index is 0.239. The van der Waals surface area contributed by atoms with E-state index in [9.17, 15) is 14.0 Å². The van der Waals surface area contributed by atoms with Gasteiger partial charge in [-0.05, 0) is 68.3 Å². The number of benzene rings is 2. The van der Waals surface area contributed by atoms with Crippen molar-refractivity contribution in [1.82, 2.24) is 4.57 Å². The van der Waals surface area contributed by atoms with Crippen LogP contribution in [-0.4, -0.2) is 22.9 Å². The van der Waals surface area contributed by atoms with E-state index in [0.717, 1.165) is 27.8 Å². The molecule has 0 radical (unpaired) electrons. The third-order valence-corrected chi connectivity index (χ3v) is 5.35. The molecule has 0 aliphatic rings. The van der Waals surface area contributed by atoms with E-state index in [1.807, 2.05) is 24.5 Å². The summed E-state index contributed by atoms with van der Waals surface area (Å²) in [7, 11) is 0. The second-order valence-electron chi connectivity index (χ2n) is 6.82. The summed E-state index contributed by atoms with van der Waals surface area (Å²) in [6.07, 6.45) is 0.725. The second kappa shape index (κ2) is 9.18. The number of carbonyl (C=O) groups is 2. The summed E-state index contributed by atoms with van der Waals surface area (Å²) in [6.45, 7) is 4.18. The lowest BCUT2D eigenvalue weighted by molar-refractivity contribution is 0.0474. The van der Waals surface area contributed by atoms with Gasteiger partial charge in [-0.3, -0.25) is 4.79 Å². The molecule has 3 rings (SSSR count). The molecule has 0 aliphatic heterocycles. The number of ether oxygens (including phenoxy) is 1. The zero-order valence-corrected chi connectivity index (χ0v) is 17.8. The molecule has 0 bridgehead atoms. The molecule has 150 valence electrons. The van der Waals surface area contributed by atoms with Gasteiger partial charge in [0.1, 0.15) is 5.82 Å². The summed E-state index contributed by atoms with van der Waals surface area (Å²) in [5.41, 5.74) is 3.74. The van der Waals surface area contributed by atoms with Gasteiger partial charge in [-0.2, -0.15) is 0 Å². The predicted octanol–water partition coefficient (Wildman–Crippen LogP) is 5.29. The van der Waals surface area contributed by atoms with Crippen molar-refractivity contribution in [3.05, 3.63) is 93.0 Å². The van der Waals surface area contributed by atoms with Gasteiger partial charge in [0.2, 0.25) is 5.78 Å². The lowest BCUT2D eigenvalue weighted by Gasteiger charge is -2.10. The van der Waals surface area contributed by atoms with E-state index in [1.165, 1.54) is 12.1 Å². The zero-order chi connectivity index (χ0) is 21.0. The SMILES string of the molecule is Cc1cc(C(=O)COC(=O)c2ccc(Br)cc2)c(C)n1CCc1ccc(F)cc1. The highest BCUT2D eigenvalue weighted by atomic mass is 79.9. The van der Waals surface area contributed by atoms with Gasteiger partial charge in [-0.1, -0.05) is 28.1 Å². The van der Waals surface area contributed by atoms with E-state index in [-0.39, 0.29) is 18.2 Å². The Morgan fingerprint density at radius 1 is 1.03 bits per heavy atom. The van der Waals surface area contributed by atoms with Crippen molar-refractivity contribution in [2.75, 3.05) is 6.61 Å². The fourth-order valence-electron chi connectivity index (χ4n) is 3.20. The van der Waals surface area contributed by atoms with Crippen LogP contribution in [0.3, 0.4) is 0 Å². The molecular formula is C23H21BrFNO3. The average molecular weight is 458 g/mol. The average Bonchev–Trinajstić information content (AvgIpc) is 3.00. The molecule has 1 aromatic heterocycles. The van der Waals surface area contributed by atoms with E-state index in [1.54, 1.807) is 36.4 Å². The standard InChI is InChI=1S/C23H21BrFNO3/c1-15-13-21(16(2)26(15)12-11-17-3-9-20(25)10-4-17)22(27)14-29-23(28)18-5-7-19(24)8-6-18/h3-10,13H,11-12,14H2,1-2H3. The first-order valence-corrected chi connectivity index (χ1v) is 10.0. The van der Waals surface area contributed by atoms with Gasteiger partial charge in [0, 0.05) is 28.0 Å². The van der Waals surface area contributed by atoms with Crippen molar-refractivity contribution >= 4 is 27.7 Å². The molecule has 0 spiro atoms. The molecule has 0 fully saturated rings. The summed E-state index contributed by atoms with van der Waals surface area (Å²) in [5.74, 6) is -1.03. The van der Waals surface area contributed by atoms with Crippen LogP contribution in [0, 0.1) is 19.7 Å². The molecule has 0 atom stereocenters. The highest BCUT2D eigenvalue weighted by molar-refractivity contribution is 9.10. The van der Waals surface area contributed by atoms with Crippen molar-refractivity contribution in [3.8, 4) is 0 Å². The summed E-state index contributed by atoms with van der Waals surface area (Å²) in [6, 6.07) is 15.0. The molecule has 2 aromatic carbocycles. The number of hydrogen-bond acceptors (Lipinski definition) is 3. The maximum Gasteiger partial charge on any atom is 0.338 e. The minimum atomic E-state index is -0.532. The van der Waals surface area contributed by atoms with Crippen molar-refractivity contribution in [2.45, 2.75) is 26.8 Å². The number of ketones is 1. The lowest BCUT2D eigenvalue weighted by atomic mass is 10.1. The Labute approximate surface area is 177 Å². The number of Topliss-reactive ketones (excluding diaryl/α,β-unsaturated/α-hetero) is 1. The molecule has 0 saturated carbocycles. The zero-order valence-electron chi connectivity index (χ0n) is 16.2. The van der Waals surface area contributed by atoms with Crippen LogP contribution < -0.4 is 0 Å². The van der Waals surface area contributed by atoms with E-state index in [2.05, 4.69) is 15.9 Å². The summed E-state index contributed by atoms with van der Waals surface area (Å²) in [5, 5.41) is 0. The minimum Gasteiger partial charge on any atom is -0.454 e. The predicted molar refractivity (Wildman–Crippen MR) is 113 cm³/mol. The highest BCUT2D eigenvalue weighted by Gasteiger charge is 2.18. The Morgan fingerprint density at radius 3 is 2.34 bits per heavy atom. The van der Waals surface area contributed by atoms with Crippen LogP contribution in [0.2, 0.25) is 0 Å². The number of rotatable bonds is 7. The molecule has 1 heterocycles. The number of hydrogen-bond donors (Lipinski definition) is 0. The number of halogens is 2. The van der Waals surface area contributed by atoms with E-state index < -0.39 is 5.97 Å². The number of aryl methyl sites for hydroxylation is 2. The molecule has 4 nitrogen and oxygen atoms in total. The van der Waals surface area contributed by atoms with Crippen molar-refractivity contribution in [2.24, 2.45) is 0 Å².